The first-order valence-electron chi connectivity index (χ1n) is 5.82. The van der Waals surface area contributed by atoms with Gasteiger partial charge in [-0.3, -0.25) is 0 Å². The van der Waals surface area contributed by atoms with Gasteiger partial charge in [-0.15, -0.1) is 0 Å². The number of hydrogen-bond acceptors (Lipinski definition) is 1. The van der Waals surface area contributed by atoms with Crippen LogP contribution >= 0.6 is 0 Å². The summed E-state index contributed by atoms with van der Waals surface area (Å²) in [6, 6.07) is 16.8. The van der Waals surface area contributed by atoms with Gasteiger partial charge >= 0.3 is 0 Å². The van der Waals surface area contributed by atoms with E-state index in [1.54, 1.807) is 0 Å². The topological polar surface area (TPSA) is 20.2 Å². The van der Waals surface area contributed by atoms with Gasteiger partial charge in [0.15, 0.2) is 0 Å². The Labute approximate surface area is 100 Å². The molecule has 17 heavy (non-hydrogen) atoms. The Kier molecular flexibility index (Phi) is 2.34. The lowest BCUT2D eigenvalue weighted by molar-refractivity contribution is 0.281. The molecule has 3 rings (SSSR count). The van der Waals surface area contributed by atoms with Crippen molar-refractivity contribution in [1.82, 2.24) is 0 Å². The van der Waals surface area contributed by atoms with Crippen LogP contribution in [0, 0.1) is 6.92 Å². The summed E-state index contributed by atoms with van der Waals surface area (Å²) in [5.74, 6) is 0. The van der Waals surface area contributed by atoms with E-state index >= 15 is 0 Å². The number of aliphatic hydroxyl groups is 1. The van der Waals surface area contributed by atoms with Crippen molar-refractivity contribution in [2.75, 3.05) is 0 Å². The highest BCUT2D eigenvalue weighted by atomic mass is 16.3. The molecule has 0 aliphatic rings. The Morgan fingerprint density at radius 3 is 2.41 bits per heavy atom. The van der Waals surface area contributed by atoms with Gasteiger partial charge in [0.05, 0.1) is 6.61 Å². The van der Waals surface area contributed by atoms with E-state index in [0.29, 0.717) is 0 Å². The van der Waals surface area contributed by atoms with Gasteiger partial charge in [-0.1, -0.05) is 48.5 Å². The molecule has 3 aromatic rings. The fourth-order valence-electron chi connectivity index (χ4n) is 2.46. The summed E-state index contributed by atoms with van der Waals surface area (Å²) < 4.78 is 0. The Hall–Kier alpha value is -1.86. The number of fused-ring (bicyclic) bond motifs is 3. The van der Waals surface area contributed by atoms with Crippen LogP contribution in [-0.2, 0) is 6.61 Å². The maximum atomic E-state index is 9.29. The van der Waals surface area contributed by atoms with E-state index in [2.05, 4.69) is 49.4 Å². The highest BCUT2D eigenvalue weighted by Gasteiger charge is 2.05. The highest BCUT2D eigenvalue weighted by Crippen LogP contribution is 2.29. The SMILES string of the molecule is Cc1c(CO)ccc2c1ccc1ccccc12. The molecule has 0 radical (unpaired) electrons. The van der Waals surface area contributed by atoms with Crippen molar-refractivity contribution in [2.45, 2.75) is 13.5 Å². The van der Waals surface area contributed by atoms with Crippen LogP contribution in [0.1, 0.15) is 11.1 Å². The van der Waals surface area contributed by atoms with Gasteiger partial charge in [-0.25, -0.2) is 0 Å². The molecule has 0 unspecified atom stereocenters. The third kappa shape index (κ3) is 1.51. The van der Waals surface area contributed by atoms with Crippen LogP contribution in [0.4, 0.5) is 0 Å². The Morgan fingerprint density at radius 1 is 0.824 bits per heavy atom. The van der Waals surface area contributed by atoms with E-state index in [4.69, 9.17) is 0 Å². The van der Waals surface area contributed by atoms with Crippen molar-refractivity contribution in [3.05, 3.63) is 59.7 Å². The fourth-order valence-corrected chi connectivity index (χ4v) is 2.46. The minimum absolute atomic E-state index is 0.106. The minimum Gasteiger partial charge on any atom is -0.392 e. The summed E-state index contributed by atoms with van der Waals surface area (Å²) in [4.78, 5) is 0. The van der Waals surface area contributed by atoms with E-state index in [1.807, 2.05) is 6.07 Å². The van der Waals surface area contributed by atoms with Crippen molar-refractivity contribution in [1.29, 1.82) is 0 Å². The molecule has 84 valence electrons. The fraction of sp³-hybridized carbons (Fsp3) is 0.125. The molecule has 0 bridgehead atoms. The normalized spacial score (nSPS) is 11.2. The standard InChI is InChI=1S/C16H14O/c1-11-13(10-17)7-9-16-14(11)8-6-12-4-2-3-5-15(12)16/h2-9,17H,10H2,1H3. The lowest BCUT2D eigenvalue weighted by atomic mass is 9.96. The monoisotopic (exact) mass is 222 g/mol. The third-order valence-electron chi connectivity index (χ3n) is 3.48. The summed E-state index contributed by atoms with van der Waals surface area (Å²) in [6.07, 6.45) is 0. The minimum atomic E-state index is 0.106. The number of benzene rings is 3. The molecule has 1 heteroatoms. The Morgan fingerprint density at radius 2 is 1.59 bits per heavy atom. The van der Waals surface area contributed by atoms with Crippen LogP contribution in [0.2, 0.25) is 0 Å². The maximum absolute atomic E-state index is 9.29. The molecule has 0 saturated heterocycles. The molecule has 1 nitrogen and oxygen atoms in total. The summed E-state index contributed by atoms with van der Waals surface area (Å²) in [5.41, 5.74) is 2.18. The van der Waals surface area contributed by atoms with Gasteiger partial charge in [0.1, 0.15) is 0 Å². The van der Waals surface area contributed by atoms with Crippen LogP contribution in [0.3, 0.4) is 0 Å². The Balaban J connectivity index is 2.49. The smallest absolute Gasteiger partial charge is 0.0684 e. The average Bonchev–Trinajstić information content (AvgIpc) is 2.39. The van der Waals surface area contributed by atoms with Gasteiger partial charge in [0, 0.05) is 0 Å². The summed E-state index contributed by atoms with van der Waals surface area (Å²) in [7, 11) is 0. The molecule has 3 aromatic carbocycles. The van der Waals surface area contributed by atoms with Crippen molar-refractivity contribution in [3.8, 4) is 0 Å². The lowest BCUT2D eigenvalue weighted by Gasteiger charge is -2.09. The largest absolute Gasteiger partial charge is 0.392 e. The molecule has 0 saturated carbocycles. The van der Waals surface area contributed by atoms with E-state index in [1.165, 1.54) is 27.1 Å². The van der Waals surface area contributed by atoms with Crippen LogP contribution < -0.4 is 0 Å². The van der Waals surface area contributed by atoms with Gasteiger partial charge < -0.3 is 5.11 Å². The van der Waals surface area contributed by atoms with Crippen LogP contribution in [0.15, 0.2) is 48.5 Å². The molecule has 0 aliphatic heterocycles. The summed E-state index contributed by atoms with van der Waals surface area (Å²) >= 11 is 0. The molecule has 0 fully saturated rings. The predicted molar refractivity (Wildman–Crippen MR) is 72.1 cm³/mol. The van der Waals surface area contributed by atoms with Gasteiger partial charge in [0.2, 0.25) is 0 Å². The second-order valence-electron chi connectivity index (χ2n) is 4.39. The third-order valence-corrected chi connectivity index (χ3v) is 3.48. The zero-order chi connectivity index (χ0) is 11.8. The molecule has 0 heterocycles. The quantitative estimate of drug-likeness (QED) is 0.621. The zero-order valence-electron chi connectivity index (χ0n) is 9.77. The number of aliphatic hydroxyl groups excluding tert-OH is 1. The first kappa shape index (κ1) is 10.3. The average molecular weight is 222 g/mol. The van der Waals surface area contributed by atoms with Crippen LogP contribution in [0.5, 0.6) is 0 Å². The number of rotatable bonds is 1. The van der Waals surface area contributed by atoms with E-state index < -0.39 is 0 Å². The summed E-state index contributed by atoms with van der Waals surface area (Å²) in [6.45, 7) is 2.18. The highest BCUT2D eigenvalue weighted by molar-refractivity contribution is 6.08. The Bertz CT molecular complexity index is 698. The van der Waals surface area contributed by atoms with Crippen LogP contribution in [0.25, 0.3) is 21.5 Å². The predicted octanol–water partition coefficient (Wildman–Crippen LogP) is 3.79. The number of aryl methyl sites for hydroxylation is 1. The van der Waals surface area contributed by atoms with Crippen molar-refractivity contribution in [3.63, 3.8) is 0 Å². The number of hydrogen-bond donors (Lipinski definition) is 1. The van der Waals surface area contributed by atoms with E-state index in [-0.39, 0.29) is 6.61 Å². The molecule has 0 spiro atoms. The first-order valence-corrected chi connectivity index (χ1v) is 5.82. The van der Waals surface area contributed by atoms with E-state index in [0.717, 1.165) is 5.56 Å². The molecule has 0 aromatic heterocycles. The van der Waals surface area contributed by atoms with Crippen molar-refractivity contribution >= 4 is 21.5 Å². The van der Waals surface area contributed by atoms with E-state index in [9.17, 15) is 5.11 Å². The van der Waals surface area contributed by atoms with Gasteiger partial charge in [-0.2, -0.15) is 0 Å². The molecule has 1 N–H and O–H groups in total. The first-order chi connectivity index (χ1) is 8.31. The second kappa shape index (κ2) is 3.86. The zero-order valence-corrected chi connectivity index (χ0v) is 9.77. The molecule has 0 atom stereocenters. The maximum Gasteiger partial charge on any atom is 0.0684 e. The molecule has 0 aliphatic carbocycles. The van der Waals surface area contributed by atoms with Crippen LogP contribution in [-0.4, -0.2) is 5.11 Å². The molecular formula is C16H14O. The second-order valence-corrected chi connectivity index (χ2v) is 4.39. The van der Waals surface area contributed by atoms with Gasteiger partial charge in [0.25, 0.3) is 0 Å². The molecule has 0 amide bonds. The van der Waals surface area contributed by atoms with Crippen molar-refractivity contribution < 1.29 is 5.11 Å². The van der Waals surface area contributed by atoms with Crippen molar-refractivity contribution in [2.24, 2.45) is 0 Å². The van der Waals surface area contributed by atoms with Gasteiger partial charge in [-0.05, 0) is 39.6 Å². The summed E-state index contributed by atoms with van der Waals surface area (Å²) in [5, 5.41) is 14.3. The molecular weight excluding hydrogens is 208 g/mol. The lowest BCUT2D eigenvalue weighted by Crippen LogP contribution is -1.90.